The molecule has 0 aliphatic rings. The maximum absolute atomic E-state index is 12.0. The first-order chi connectivity index (χ1) is 11.7. The number of amides is 1. The molecule has 24 heavy (non-hydrogen) atoms. The second-order valence-corrected chi connectivity index (χ2v) is 5.27. The number of hydrogen-bond donors (Lipinski definition) is 2. The number of rotatable bonds is 5. The maximum atomic E-state index is 12.0. The van der Waals surface area contributed by atoms with E-state index in [1.807, 2.05) is 50.2 Å². The third kappa shape index (κ3) is 3.27. The van der Waals surface area contributed by atoms with Crippen LogP contribution in [0.3, 0.4) is 0 Å². The predicted octanol–water partition coefficient (Wildman–Crippen LogP) is 3.03. The number of nitrogens with zero attached hydrogens (tertiary/aromatic N) is 2. The largest absolute Gasteiger partial charge is 0.493 e. The topological polar surface area (TPSA) is 79.4 Å². The van der Waals surface area contributed by atoms with Gasteiger partial charge in [0.2, 0.25) is 0 Å². The molecule has 0 aliphatic carbocycles. The molecule has 0 atom stereocenters. The van der Waals surface area contributed by atoms with E-state index in [1.165, 1.54) is 0 Å². The molecule has 122 valence electrons. The summed E-state index contributed by atoms with van der Waals surface area (Å²) in [6, 6.07) is 13.5. The summed E-state index contributed by atoms with van der Waals surface area (Å²) in [6.45, 7) is 4.31. The lowest BCUT2D eigenvalue weighted by Gasteiger charge is -2.10. The minimum absolute atomic E-state index is 0.299. The van der Waals surface area contributed by atoms with E-state index in [0.29, 0.717) is 12.3 Å². The Hall–Kier alpha value is -3.15. The van der Waals surface area contributed by atoms with Crippen LogP contribution in [0.5, 0.6) is 5.75 Å². The zero-order valence-electron chi connectivity index (χ0n) is 13.5. The van der Waals surface area contributed by atoms with Crippen molar-refractivity contribution in [3.05, 3.63) is 59.4 Å². The van der Waals surface area contributed by atoms with Crippen molar-refractivity contribution in [1.82, 2.24) is 15.6 Å². The van der Waals surface area contributed by atoms with E-state index in [1.54, 1.807) is 12.3 Å². The number of hydrazone groups is 1. The fourth-order valence-electron chi connectivity index (χ4n) is 2.44. The molecule has 1 aromatic heterocycles. The van der Waals surface area contributed by atoms with Crippen LogP contribution in [-0.4, -0.2) is 28.9 Å². The van der Waals surface area contributed by atoms with Crippen LogP contribution in [-0.2, 0) is 0 Å². The Kier molecular flexibility index (Phi) is 4.56. The van der Waals surface area contributed by atoms with Crippen molar-refractivity contribution in [1.29, 1.82) is 0 Å². The quantitative estimate of drug-likeness (QED) is 0.560. The molecule has 0 radical (unpaired) electrons. The van der Waals surface area contributed by atoms with Crippen LogP contribution in [0.4, 0.5) is 0 Å². The highest BCUT2D eigenvalue weighted by Crippen LogP contribution is 2.26. The van der Waals surface area contributed by atoms with Gasteiger partial charge < -0.3 is 4.74 Å². The number of carbonyl (C=O) groups is 1. The van der Waals surface area contributed by atoms with Gasteiger partial charge in [-0.2, -0.15) is 10.2 Å². The van der Waals surface area contributed by atoms with Crippen molar-refractivity contribution in [3.8, 4) is 5.75 Å². The monoisotopic (exact) mass is 322 g/mol. The third-order valence-electron chi connectivity index (χ3n) is 3.53. The minimum Gasteiger partial charge on any atom is -0.493 e. The fraction of sp³-hybridized carbons (Fsp3) is 0.167. The van der Waals surface area contributed by atoms with E-state index >= 15 is 0 Å². The van der Waals surface area contributed by atoms with Crippen LogP contribution in [0.1, 0.15) is 28.7 Å². The van der Waals surface area contributed by atoms with Gasteiger partial charge in [0, 0.05) is 11.3 Å². The van der Waals surface area contributed by atoms with Gasteiger partial charge in [-0.05, 0) is 36.8 Å². The minimum atomic E-state index is -0.367. The highest BCUT2D eigenvalue weighted by atomic mass is 16.5. The molecule has 0 bridgehead atoms. The van der Waals surface area contributed by atoms with Gasteiger partial charge in [-0.25, -0.2) is 5.43 Å². The molecule has 0 spiro atoms. The van der Waals surface area contributed by atoms with E-state index in [-0.39, 0.29) is 5.91 Å². The molecule has 6 nitrogen and oxygen atoms in total. The summed E-state index contributed by atoms with van der Waals surface area (Å²) in [4.78, 5) is 12.0. The number of carbonyl (C=O) groups excluding carboxylic acids is 1. The van der Waals surface area contributed by atoms with Crippen molar-refractivity contribution < 1.29 is 9.53 Å². The Bertz CT molecular complexity index is 899. The fourth-order valence-corrected chi connectivity index (χ4v) is 2.44. The Labute approximate surface area is 139 Å². The van der Waals surface area contributed by atoms with Crippen molar-refractivity contribution in [3.63, 3.8) is 0 Å². The van der Waals surface area contributed by atoms with E-state index in [4.69, 9.17) is 4.74 Å². The highest BCUT2D eigenvalue weighted by molar-refractivity contribution is 6.03. The second-order valence-electron chi connectivity index (χ2n) is 5.27. The number of aromatic nitrogens is 2. The van der Waals surface area contributed by atoms with Crippen molar-refractivity contribution >= 4 is 22.9 Å². The molecule has 0 saturated heterocycles. The van der Waals surface area contributed by atoms with Gasteiger partial charge in [0.05, 0.1) is 12.8 Å². The highest BCUT2D eigenvalue weighted by Gasteiger charge is 2.09. The number of fused-ring (bicyclic) bond motifs is 1. The Balaban J connectivity index is 1.87. The van der Waals surface area contributed by atoms with Gasteiger partial charge in [0.15, 0.2) is 5.69 Å². The van der Waals surface area contributed by atoms with Crippen LogP contribution < -0.4 is 10.2 Å². The predicted molar refractivity (Wildman–Crippen MR) is 93.5 cm³/mol. The summed E-state index contributed by atoms with van der Waals surface area (Å²) in [5.41, 5.74) is 4.43. The van der Waals surface area contributed by atoms with E-state index < -0.39 is 0 Å². The molecule has 6 heteroatoms. The van der Waals surface area contributed by atoms with Crippen LogP contribution >= 0.6 is 0 Å². The molecule has 3 aromatic rings. The number of aromatic amines is 1. The zero-order chi connectivity index (χ0) is 16.9. The average molecular weight is 322 g/mol. The Morgan fingerprint density at radius 2 is 2.17 bits per heavy atom. The molecule has 2 aromatic carbocycles. The van der Waals surface area contributed by atoms with Crippen molar-refractivity contribution in [2.45, 2.75) is 13.8 Å². The first-order valence-corrected chi connectivity index (χ1v) is 7.69. The van der Waals surface area contributed by atoms with Gasteiger partial charge in [0.25, 0.3) is 5.91 Å². The zero-order valence-corrected chi connectivity index (χ0v) is 13.5. The number of hydrogen-bond acceptors (Lipinski definition) is 4. The van der Waals surface area contributed by atoms with Crippen LogP contribution in [0.15, 0.2) is 47.6 Å². The summed E-state index contributed by atoms with van der Waals surface area (Å²) >= 11 is 0. The SMILES string of the molecule is CCOc1ccc2ccccc2c1/C=N/NC(=O)c1cc(C)[nH]n1. The Morgan fingerprint density at radius 3 is 2.92 bits per heavy atom. The summed E-state index contributed by atoms with van der Waals surface area (Å²) in [6.07, 6.45) is 1.60. The average Bonchev–Trinajstić information content (AvgIpc) is 3.03. The van der Waals surface area contributed by atoms with E-state index in [9.17, 15) is 4.79 Å². The molecule has 0 saturated carbocycles. The summed E-state index contributed by atoms with van der Waals surface area (Å²) in [7, 11) is 0. The van der Waals surface area contributed by atoms with E-state index in [2.05, 4.69) is 20.7 Å². The van der Waals surface area contributed by atoms with Gasteiger partial charge in [0.1, 0.15) is 5.75 Å². The smallest absolute Gasteiger partial charge is 0.291 e. The molecule has 1 heterocycles. The number of aryl methyl sites for hydroxylation is 1. The van der Waals surface area contributed by atoms with Crippen LogP contribution in [0.2, 0.25) is 0 Å². The lowest BCUT2D eigenvalue weighted by atomic mass is 10.0. The molecule has 0 aliphatic heterocycles. The molecular formula is C18H18N4O2. The van der Waals surface area contributed by atoms with Gasteiger partial charge >= 0.3 is 0 Å². The first-order valence-electron chi connectivity index (χ1n) is 7.69. The van der Waals surface area contributed by atoms with Gasteiger partial charge in [-0.1, -0.05) is 30.3 Å². The van der Waals surface area contributed by atoms with Gasteiger partial charge in [-0.15, -0.1) is 0 Å². The molecular weight excluding hydrogens is 304 g/mol. The van der Waals surface area contributed by atoms with Crippen LogP contribution in [0, 0.1) is 6.92 Å². The molecule has 2 N–H and O–H groups in total. The number of nitrogens with one attached hydrogen (secondary N) is 2. The number of benzene rings is 2. The number of ether oxygens (including phenoxy) is 1. The van der Waals surface area contributed by atoms with Crippen molar-refractivity contribution in [2.75, 3.05) is 6.61 Å². The summed E-state index contributed by atoms with van der Waals surface area (Å²) < 4.78 is 5.67. The standard InChI is InChI=1S/C18H18N4O2/c1-3-24-17-9-8-13-6-4-5-7-14(13)15(17)11-19-22-18(23)16-10-12(2)20-21-16/h4-11H,3H2,1-2H3,(H,20,21)(H,22,23)/b19-11+. The molecule has 1 amide bonds. The Morgan fingerprint density at radius 1 is 1.33 bits per heavy atom. The van der Waals surface area contributed by atoms with Gasteiger partial charge in [-0.3, -0.25) is 9.89 Å². The first kappa shape index (κ1) is 15.7. The maximum Gasteiger partial charge on any atom is 0.291 e. The van der Waals surface area contributed by atoms with Crippen LogP contribution in [0.25, 0.3) is 10.8 Å². The molecule has 3 rings (SSSR count). The van der Waals surface area contributed by atoms with E-state index in [0.717, 1.165) is 27.8 Å². The summed E-state index contributed by atoms with van der Waals surface area (Å²) in [5.74, 6) is 0.360. The number of H-pyrrole nitrogens is 1. The molecule has 0 fully saturated rings. The lowest BCUT2D eigenvalue weighted by molar-refractivity contribution is 0.0950. The summed E-state index contributed by atoms with van der Waals surface area (Å²) in [5, 5.41) is 12.8. The van der Waals surface area contributed by atoms with Crippen molar-refractivity contribution in [2.24, 2.45) is 5.10 Å². The molecule has 0 unspecified atom stereocenters. The second kappa shape index (κ2) is 6.95. The normalized spacial score (nSPS) is 11.1. The third-order valence-corrected chi connectivity index (χ3v) is 3.53. The lowest BCUT2D eigenvalue weighted by Crippen LogP contribution is -2.18.